The normalized spacial score (nSPS) is 13.4. The molecule has 0 atom stereocenters. The molecule has 0 bridgehead atoms. The zero-order valence-electron chi connectivity index (χ0n) is 13.6. The molecule has 0 spiro atoms. The fraction of sp³-hybridized carbons (Fsp3) is 0.222. The molecule has 1 aromatic carbocycles. The van der Waals surface area contributed by atoms with Crippen LogP contribution in [-0.2, 0) is 19.5 Å². The molecule has 4 rings (SSSR count). The molecule has 7 heteroatoms. The van der Waals surface area contributed by atoms with Gasteiger partial charge in [0.05, 0.1) is 18.4 Å². The first-order valence-corrected chi connectivity index (χ1v) is 8.21. The molecule has 126 valence electrons. The van der Waals surface area contributed by atoms with E-state index < -0.39 is 0 Å². The molecule has 0 saturated heterocycles. The largest absolute Gasteiger partial charge is 0.334 e. The van der Waals surface area contributed by atoms with Crippen LogP contribution < -0.4 is 5.32 Å². The number of benzene rings is 1. The summed E-state index contributed by atoms with van der Waals surface area (Å²) in [6, 6.07) is 11.8. The Labute approximate surface area is 145 Å². The molecule has 1 aliphatic rings. The van der Waals surface area contributed by atoms with Crippen LogP contribution in [0.3, 0.4) is 0 Å². The van der Waals surface area contributed by atoms with Crippen LogP contribution >= 0.6 is 0 Å². The molecule has 0 saturated carbocycles. The van der Waals surface area contributed by atoms with E-state index in [4.69, 9.17) is 0 Å². The maximum atomic E-state index is 12.5. The summed E-state index contributed by atoms with van der Waals surface area (Å²) in [7, 11) is 0. The second kappa shape index (κ2) is 6.72. The van der Waals surface area contributed by atoms with Crippen molar-refractivity contribution in [3.63, 3.8) is 0 Å². The van der Waals surface area contributed by atoms with Gasteiger partial charge in [0, 0.05) is 42.5 Å². The van der Waals surface area contributed by atoms with Crippen LogP contribution in [0.25, 0.3) is 11.3 Å². The maximum absolute atomic E-state index is 12.5. The molecular weight excluding hydrogens is 316 g/mol. The highest BCUT2D eigenvalue weighted by Crippen LogP contribution is 2.28. The van der Waals surface area contributed by atoms with E-state index in [-0.39, 0.29) is 6.03 Å². The van der Waals surface area contributed by atoms with Crippen LogP contribution in [0.5, 0.6) is 0 Å². The SMILES string of the molecule is O=C(NCc1ccnnc1)N1CCc2[nH]nc(-c3ccccc3)c2C1. The lowest BCUT2D eigenvalue weighted by Gasteiger charge is -2.27. The number of rotatable bonds is 3. The van der Waals surface area contributed by atoms with E-state index in [9.17, 15) is 4.79 Å². The Kier molecular flexibility index (Phi) is 4.12. The number of hydrogen-bond donors (Lipinski definition) is 2. The number of carbonyl (C=O) groups excluding carboxylic acids is 1. The van der Waals surface area contributed by atoms with E-state index in [0.717, 1.165) is 34.5 Å². The van der Waals surface area contributed by atoms with Gasteiger partial charge in [-0.3, -0.25) is 5.10 Å². The third kappa shape index (κ3) is 3.21. The second-order valence-corrected chi connectivity index (χ2v) is 5.98. The van der Waals surface area contributed by atoms with Crippen molar-refractivity contribution in [1.82, 2.24) is 30.6 Å². The van der Waals surface area contributed by atoms with E-state index >= 15 is 0 Å². The molecule has 7 nitrogen and oxygen atoms in total. The van der Waals surface area contributed by atoms with Crippen molar-refractivity contribution in [1.29, 1.82) is 0 Å². The summed E-state index contributed by atoms with van der Waals surface area (Å²) in [6.45, 7) is 1.66. The van der Waals surface area contributed by atoms with Crippen LogP contribution in [0.4, 0.5) is 4.79 Å². The number of urea groups is 1. The maximum Gasteiger partial charge on any atom is 0.317 e. The molecule has 2 N–H and O–H groups in total. The van der Waals surface area contributed by atoms with Gasteiger partial charge in [0.25, 0.3) is 0 Å². The monoisotopic (exact) mass is 334 g/mol. The van der Waals surface area contributed by atoms with Crippen LogP contribution in [0.2, 0.25) is 0 Å². The first kappa shape index (κ1) is 15.3. The van der Waals surface area contributed by atoms with Crippen molar-refractivity contribution >= 4 is 6.03 Å². The van der Waals surface area contributed by atoms with Gasteiger partial charge < -0.3 is 10.2 Å². The first-order valence-electron chi connectivity index (χ1n) is 8.21. The summed E-state index contributed by atoms with van der Waals surface area (Å²) in [5.41, 5.74) is 5.12. The third-order valence-electron chi connectivity index (χ3n) is 4.36. The van der Waals surface area contributed by atoms with Crippen LogP contribution in [-0.4, -0.2) is 37.9 Å². The van der Waals surface area contributed by atoms with Crippen LogP contribution in [0.15, 0.2) is 48.8 Å². The van der Waals surface area contributed by atoms with Crippen molar-refractivity contribution in [2.45, 2.75) is 19.5 Å². The summed E-state index contributed by atoms with van der Waals surface area (Å²) < 4.78 is 0. The Bertz CT molecular complexity index is 862. The number of hydrogen-bond acceptors (Lipinski definition) is 4. The van der Waals surface area contributed by atoms with Gasteiger partial charge >= 0.3 is 6.03 Å². The van der Waals surface area contributed by atoms with Gasteiger partial charge in [-0.1, -0.05) is 30.3 Å². The number of aromatic amines is 1. The zero-order valence-corrected chi connectivity index (χ0v) is 13.6. The van der Waals surface area contributed by atoms with Crippen LogP contribution in [0, 0.1) is 0 Å². The van der Waals surface area contributed by atoms with E-state index in [1.165, 1.54) is 0 Å². The molecule has 3 aromatic rings. The van der Waals surface area contributed by atoms with Gasteiger partial charge in [-0.15, -0.1) is 0 Å². The van der Waals surface area contributed by atoms with Crippen molar-refractivity contribution in [2.24, 2.45) is 0 Å². The lowest BCUT2D eigenvalue weighted by Crippen LogP contribution is -2.42. The number of carbonyl (C=O) groups is 1. The standard InChI is InChI=1S/C18H18N6O/c25-18(19-10-13-6-8-20-21-11-13)24-9-7-16-15(12-24)17(23-22-16)14-4-2-1-3-5-14/h1-6,8,11H,7,9-10,12H2,(H,19,25)(H,22,23). The molecule has 25 heavy (non-hydrogen) atoms. The van der Waals surface area contributed by atoms with E-state index in [2.05, 4.69) is 25.7 Å². The number of nitrogens with zero attached hydrogens (tertiary/aromatic N) is 4. The Balaban J connectivity index is 1.47. The molecule has 0 unspecified atom stereocenters. The van der Waals surface area contributed by atoms with E-state index in [1.54, 1.807) is 12.4 Å². The molecule has 2 amide bonds. The Morgan fingerprint density at radius 2 is 2.08 bits per heavy atom. The molecule has 1 aliphatic heterocycles. The quantitative estimate of drug-likeness (QED) is 0.768. The Morgan fingerprint density at radius 1 is 1.20 bits per heavy atom. The topological polar surface area (TPSA) is 86.8 Å². The number of aromatic nitrogens is 4. The molecule has 0 radical (unpaired) electrons. The minimum absolute atomic E-state index is 0.0809. The average molecular weight is 334 g/mol. The minimum Gasteiger partial charge on any atom is -0.334 e. The fourth-order valence-electron chi connectivity index (χ4n) is 3.02. The van der Waals surface area contributed by atoms with Gasteiger partial charge in [0.15, 0.2) is 0 Å². The van der Waals surface area contributed by atoms with Crippen molar-refractivity contribution < 1.29 is 4.79 Å². The Hall–Kier alpha value is -3.22. The number of fused-ring (bicyclic) bond motifs is 1. The number of H-pyrrole nitrogens is 1. The third-order valence-corrected chi connectivity index (χ3v) is 4.36. The van der Waals surface area contributed by atoms with Crippen molar-refractivity contribution in [2.75, 3.05) is 6.54 Å². The van der Waals surface area contributed by atoms with E-state index in [1.807, 2.05) is 41.3 Å². The summed E-state index contributed by atoms with van der Waals surface area (Å²) in [5.74, 6) is 0. The summed E-state index contributed by atoms with van der Waals surface area (Å²) in [5, 5.41) is 18.1. The van der Waals surface area contributed by atoms with Crippen LogP contribution in [0.1, 0.15) is 16.8 Å². The second-order valence-electron chi connectivity index (χ2n) is 5.98. The molecule has 0 aliphatic carbocycles. The smallest absolute Gasteiger partial charge is 0.317 e. The van der Waals surface area contributed by atoms with Gasteiger partial charge in [0.2, 0.25) is 0 Å². The molecule has 3 heterocycles. The van der Waals surface area contributed by atoms with Gasteiger partial charge in [-0.05, 0) is 11.6 Å². The molecule has 2 aromatic heterocycles. The predicted octanol–water partition coefficient (Wildman–Crippen LogP) is 2.13. The zero-order chi connectivity index (χ0) is 17.1. The van der Waals surface area contributed by atoms with Gasteiger partial charge in [0.1, 0.15) is 0 Å². The Morgan fingerprint density at radius 3 is 2.88 bits per heavy atom. The lowest BCUT2D eigenvalue weighted by molar-refractivity contribution is 0.192. The summed E-state index contributed by atoms with van der Waals surface area (Å²) in [6.07, 6.45) is 4.05. The highest BCUT2D eigenvalue weighted by atomic mass is 16.2. The summed E-state index contributed by atoms with van der Waals surface area (Å²) >= 11 is 0. The highest BCUT2D eigenvalue weighted by molar-refractivity contribution is 5.75. The van der Waals surface area contributed by atoms with Gasteiger partial charge in [-0.25, -0.2) is 4.79 Å². The first-order chi connectivity index (χ1) is 12.3. The number of amides is 2. The number of nitrogens with one attached hydrogen (secondary N) is 2. The summed E-state index contributed by atoms with van der Waals surface area (Å²) in [4.78, 5) is 14.3. The predicted molar refractivity (Wildman–Crippen MR) is 92.4 cm³/mol. The highest BCUT2D eigenvalue weighted by Gasteiger charge is 2.25. The lowest BCUT2D eigenvalue weighted by atomic mass is 10.0. The average Bonchev–Trinajstić information content (AvgIpc) is 3.11. The van der Waals surface area contributed by atoms with Crippen molar-refractivity contribution in [3.05, 3.63) is 65.6 Å². The minimum atomic E-state index is -0.0809. The van der Waals surface area contributed by atoms with E-state index in [0.29, 0.717) is 19.6 Å². The van der Waals surface area contributed by atoms with Crippen molar-refractivity contribution in [3.8, 4) is 11.3 Å². The molecular formula is C18H18N6O. The fourth-order valence-corrected chi connectivity index (χ4v) is 3.02. The molecule has 0 fully saturated rings. The van der Waals surface area contributed by atoms with Gasteiger partial charge in [-0.2, -0.15) is 15.3 Å².